The lowest BCUT2D eigenvalue weighted by molar-refractivity contribution is -0.112. The van der Waals surface area contributed by atoms with Crippen molar-refractivity contribution >= 4 is 34.8 Å². The van der Waals surface area contributed by atoms with Crippen LogP contribution in [0.3, 0.4) is 0 Å². The Hall–Kier alpha value is -2.06. The SMILES string of the molecule is CC.CC.Cc1ccc2c(c1)/C(=C/c1ccc(Cl)cc1)C(=O)N2C. The molecule has 0 spiro atoms. The molecule has 0 saturated carbocycles. The largest absolute Gasteiger partial charge is 0.311 e. The molecule has 3 heteroatoms. The van der Waals surface area contributed by atoms with E-state index in [0.717, 1.165) is 28.0 Å². The van der Waals surface area contributed by atoms with E-state index in [1.807, 2.05) is 77.1 Å². The van der Waals surface area contributed by atoms with Crippen LogP contribution in [0.5, 0.6) is 0 Å². The molecular formula is C21H26ClNO. The summed E-state index contributed by atoms with van der Waals surface area (Å²) in [5.41, 5.74) is 4.80. The Morgan fingerprint density at radius 1 is 0.958 bits per heavy atom. The van der Waals surface area contributed by atoms with Crippen molar-refractivity contribution < 1.29 is 4.79 Å². The number of carbonyl (C=O) groups is 1. The number of hydrogen-bond acceptors (Lipinski definition) is 1. The van der Waals surface area contributed by atoms with E-state index in [4.69, 9.17) is 11.6 Å². The lowest BCUT2D eigenvalue weighted by Crippen LogP contribution is -2.20. The Bertz CT molecular complexity index is 717. The Morgan fingerprint density at radius 2 is 1.54 bits per heavy atom. The first-order valence-corrected chi connectivity index (χ1v) is 8.80. The van der Waals surface area contributed by atoms with Crippen LogP contribution < -0.4 is 4.90 Å². The van der Waals surface area contributed by atoms with Gasteiger partial charge in [-0.05, 0) is 42.8 Å². The molecule has 0 radical (unpaired) electrons. The lowest BCUT2D eigenvalue weighted by Gasteiger charge is -2.08. The second-order valence-electron chi connectivity index (χ2n) is 4.99. The number of likely N-dealkylation sites (N-methyl/N-ethyl adjacent to an activating group) is 1. The molecule has 2 nitrogen and oxygen atoms in total. The Kier molecular flexibility index (Phi) is 7.73. The summed E-state index contributed by atoms with van der Waals surface area (Å²) in [6, 6.07) is 13.5. The molecule has 1 amide bonds. The summed E-state index contributed by atoms with van der Waals surface area (Å²) in [5, 5.41) is 0.693. The zero-order valence-electron chi connectivity index (χ0n) is 15.4. The zero-order chi connectivity index (χ0) is 18.3. The fourth-order valence-corrected chi connectivity index (χ4v) is 2.55. The van der Waals surface area contributed by atoms with Gasteiger partial charge in [0.05, 0.1) is 5.69 Å². The molecule has 1 heterocycles. The summed E-state index contributed by atoms with van der Waals surface area (Å²) >= 11 is 5.89. The minimum absolute atomic E-state index is 0.0283. The zero-order valence-corrected chi connectivity index (χ0v) is 16.1. The smallest absolute Gasteiger partial charge is 0.258 e. The maximum Gasteiger partial charge on any atom is 0.258 e. The van der Waals surface area contributed by atoms with Gasteiger partial charge in [0.2, 0.25) is 0 Å². The van der Waals surface area contributed by atoms with E-state index in [-0.39, 0.29) is 5.91 Å². The van der Waals surface area contributed by atoms with Gasteiger partial charge in [-0.3, -0.25) is 4.79 Å². The van der Waals surface area contributed by atoms with Crippen molar-refractivity contribution in [1.82, 2.24) is 0 Å². The topological polar surface area (TPSA) is 20.3 Å². The predicted molar refractivity (Wildman–Crippen MR) is 107 cm³/mol. The second kappa shape index (κ2) is 9.29. The highest BCUT2D eigenvalue weighted by Gasteiger charge is 2.29. The molecule has 0 N–H and O–H groups in total. The monoisotopic (exact) mass is 343 g/mol. The summed E-state index contributed by atoms with van der Waals surface area (Å²) < 4.78 is 0. The van der Waals surface area contributed by atoms with Crippen LogP contribution in [0.4, 0.5) is 5.69 Å². The molecule has 0 fully saturated rings. The van der Waals surface area contributed by atoms with Crippen molar-refractivity contribution in [1.29, 1.82) is 0 Å². The van der Waals surface area contributed by atoms with E-state index in [1.165, 1.54) is 0 Å². The highest BCUT2D eigenvalue weighted by atomic mass is 35.5. The summed E-state index contributed by atoms with van der Waals surface area (Å²) in [7, 11) is 1.80. The molecule has 0 aromatic heterocycles. The lowest BCUT2D eigenvalue weighted by atomic mass is 10.0. The number of carbonyl (C=O) groups excluding carboxylic acids is 1. The first kappa shape index (κ1) is 20.0. The quantitative estimate of drug-likeness (QED) is 0.563. The number of aryl methyl sites for hydroxylation is 1. The number of rotatable bonds is 1. The normalized spacial score (nSPS) is 13.7. The molecule has 0 unspecified atom stereocenters. The Morgan fingerprint density at radius 3 is 2.12 bits per heavy atom. The third kappa shape index (κ3) is 4.27. The molecule has 2 aromatic carbocycles. The second-order valence-corrected chi connectivity index (χ2v) is 5.43. The van der Waals surface area contributed by atoms with Gasteiger partial charge in [-0.25, -0.2) is 0 Å². The van der Waals surface area contributed by atoms with Gasteiger partial charge in [-0.2, -0.15) is 0 Å². The summed E-state index contributed by atoms with van der Waals surface area (Å²) in [4.78, 5) is 14.1. The van der Waals surface area contributed by atoms with Gasteiger partial charge >= 0.3 is 0 Å². The first-order valence-electron chi connectivity index (χ1n) is 8.42. The van der Waals surface area contributed by atoms with E-state index in [9.17, 15) is 4.79 Å². The molecule has 1 aliphatic heterocycles. The van der Waals surface area contributed by atoms with Crippen LogP contribution in [-0.4, -0.2) is 13.0 Å². The van der Waals surface area contributed by atoms with Crippen LogP contribution >= 0.6 is 11.6 Å². The van der Waals surface area contributed by atoms with Gasteiger partial charge in [0.25, 0.3) is 5.91 Å². The highest BCUT2D eigenvalue weighted by molar-refractivity contribution is 6.35. The van der Waals surface area contributed by atoms with Crippen LogP contribution in [0.1, 0.15) is 44.4 Å². The van der Waals surface area contributed by atoms with E-state index in [2.05, 4.69) is 6.07 Å². The minimum atomic E-state index is 0.0283. The van der Waals surface area contributed by atoms with Crippen LogP contribution in [-0.2, 0) is 4.79 Å². The molecule has 0 saturated heterocycles. The number of halogens is 1. The number of fused-ring (bicyclic) bond motifs is 1. The number of anilines is 1. The summed E-state index contributed by atoms with van der Waals surface area (Å²) in [5.74, 6) is 0.0283. The minimum Gasteiger partial charge on any atom is -0.311 e. The summed E-state index contributed by atoms with van der Waals surface area (Å²) in [6.07, 6.45) is 1.92. The molecule has 0 bridgehead atoms. The van der Waals surface area contributed by atoms with Crippen molar-refractivity contribution in [2.75, 3.05) is 11.9 Å². The average Bonchev–Trinajstić information content (AvgIpc) is 2.85. The maximum absolute atomic E-state index is 12.4. The highest BCUT2D eigenvalue weighted by Crippen LogP contribution is 2.37. The molecule has 3 rings (SSSR count). The number of benzene rings is 2. The third-order valence-electron chi connectivity index (χ3n) is 3.52. The third-order valence-corrected chi connectivity index (χ3v) is 3.77. The molecule has 0 atom stereocenters. The van der Waals surface area contributed by atoms with Crippen molar-refractivity contribution in [3.05, 3.63) is 64.2 Å². The van der Waals surface area contributed by atoms with Gasteiger partial charge in [-0.15, -0.1) is 0 Å². The van der Waals surface area contributed by atoms with Gasteiger partial charge in [-0.1, -0.05) is 63.1 Å². The van der Waals surface area contributed by atoms with Crippen LogP contribution in [0, 0.1) is 6.92 Å². The van der Waals surface area contributed by atoms with Crippen molar-refractivity contribution in [2.24, 2.45) is 0 Å². The standard InChI is InChI=1S/C17H14ClNO.2C2H6/c1-11-3-8-16-14(9-11)15(17(20)19(16)2)10-12-4-6-13(18)7-5-12;2*1-2/h3-10H,1-2H3;2*1-2H3/b15-10-;;. The van der Waals surface area contributed by atoms with Gasteiger partial charge in [0.15, 0.2) is 0 Å². The molecule has 1 aliphatic rings. The predicted octanol–water partition coefficient (Wildman–Crippen LogP) is 6.22. The van der Waals surface area contributed by atoms with Crippen molar-refractivity contribution in [2.45, 2.75) is 34.6 Å². The van der Waals surface area contributed by atoms with Crippen molar-refractivity contribution in [3.8, 4) is 0 Å². The number of hydrogen-bond donors (Lipinski definition) is 0. The maximum atomic E-state index is 12.4. The van der Waals surface area contributed by atoms with Crippen LogP contribution in [0.25, 0.3) is 11.6 Å². The number of nitrogens with zero attached hydrogens (tertiary/aromatic N) is 1. The van der Waals surface area contributed by atoms with Crippen LogP contribution in [0.2, 0.25) is 5.02 Å². The van der Waals surface area contributed by atoms with Crippen LogP contribution in [0.15, 0.2) is 42.5 Å². The number of amides is 1. The van der Waals surface area contributed by atoms with E-state index in [0.29, 0.717) is 5.02 Å². The molecular weight excluding hydrogens is 318 g/mol. The van der Waals surface area contributed by atoms with Gasteiger partial charge < -0.3 is 4.90 Å². The molecule has 128 valence electrons. The summed E-state index contributed by atoms with van der Waals surface area (Å²) in [6.45, 7) is 10.0. The van der Waals surface area contributed by atoms with E-state index >= 15 is 0 Å². The fourth-order valence-electron chi connectivity index (χ4n) is 2.43. The van der Waals surface area contributed by atoms with Crippen molar-refractivity contribution in [3.63, 3.8) is 0 Å². The average molecular weight is 344 g/mol. The van der Waals surface area contributed by atoms with Gasteiger partial charge in [0.1, 0.15) is 0 Å². The fraction of sp³-hybridized carbons (Fsp3) is 0.286. The molecule has 24 heavy (non-hydrogen) atoms. The molecule has 2 aromatic rings. The Balaban J connectivity index is 0.000000671. The van der Waals surface area contributed by atoms with E-state index < -0.39 is 0 Å². The molecule has 0 aliphatic carbocycles. The van der Waals surface area contributed by atoms with E-state index in [1.54, 1.807) is 11.9 Å². The Labute approximate surface area is 150 Å². The van der Waals surface area contributed by atoms with Gasteiger partial charge in [0, 0.05) is 23.2 Å². The first-order chi connectivity index (χ1) is 11.6.